The minimum Gasteiger partial charge on any atom is -0.507 e. The van der Waals surface area contributed by atoms with E-state index >= 15 is 0 Å². The molecule has 0 bridgehead atoms. The number of hydrogen-bond acceptors (Lipinski definition) is 7. The van der Waals surface area contributed by atoms with Crippen LogP contribution in [0.4, 0.5) is 0 Å². The van der Waals surface area contributed by atoms with Gasteiger partial charge in [-0.2, -0.15) is 0 Å². The molecule has 7 heteroatoms. The second kappa shape index (κ2) is 6.21. The van der Waals surface area contributed by atoms with E-state index in [2.05, 4.69) is 0 Å². The molecule has 27 heavy (non-hydrogen) atoms. The van der Waals surface area contributed by atoms with E-state index in [-0.39, 0.29) is 44.3 Å². The number of rotatable bonds is 3. The van der Waals surface area contributed by atoms with E-state index in [9.17, 15) is 35.1 Å². The van der Waals surface area contributed by atoms with Crippen LogP contribution in [0, 0.1) is 13.8 Å². The Hall–Kier alpha value is -3.74. The Morgan fingerprint density at radius 2 is 1.33 bits per heavy atom. The molecule has 3 aromatic rings. The smallest absolute Gasteiger partial charge is 0.161 e. The van der Waals surface area contributed by atoms with Gasteiger partial charge in [0.25, 0.3) is 0 Å². The quantitative estimate of drug-likeness (QED) is 0.353. The van der Waals surface area contributed by atoms with Crippen molar-refractivity contribution >= 4 is 23.3 Å². The molecule has 0 aliphatic heterocycles. The van der Waals surface area contributed by atoms with Crippen molar-refractivity contribution in [2.45, 2.75) is 13.8 Å². The average molecular weight is 368 g/mol. The molecule has 0 aliphatic carbocycles. The van der Waals surface area contributed by atoms with Crippen molar-refractivity contribution in [1.29, 1.82) is 0 Å². The first-order valence-electron chi connectivity index (χ1n) is 7.90. The predicted octanol–water partition coefficient (Wildman–Crippen LogP) is 3.28. The lowest BCUT2D eigenvalue weighted by molar-refractivity contribution is 0.109. The van der Waals surface area contributed by atoms with E-state index in [1.807, 2.05) is 0 Å². The van der Waals surface area contributed by atoms with E-state index in [1.54, 1.807) is 0 Å². The molecule has 0 amide bonds. The zero-order chi connectivity index (χ0) is 20.0. The molecule has 0 saturated carbocycles. The zero-order valence-electron chi connectivity index (χ0n) is 14.4. The van der Waals surface area contributed by atoms with Gasteiger partial charge in [-0.1, -0.05) is 0 Å². The van der Waals surface area contributed by atoms with Crippen LogP contribution in [0.5, 0.6) is 28.7 Å². The molecule has 3 aromatic carbocycles. The summed E-state index contributed by atoms with van der Waals surface area (Å²) in [4.78, 5) is 23.3. The van der Waals surface area contributed by atoms with Crippen LogP contribution in [-0.4, -0.2) is 38.1 Å². The number of phenols is 5. The Balaban J connectivity index is 2.64. The lowest BCUT2D eigenvalue weighted by Crippen LogP contribution is -2.00. The lowest BCUT2D eigenvalue weighted by Gasteiger charge is -2.18. The van der Waals surface area contributed by atoms with E-state index in [1.165, 1.54) is 26.0 Å². The first-order chi connectivity index (χ1) is 12.7. The highest BCUT2D eigenvalue weighted by molar-refractivity contribution is 6.15. The number of phenolic OH excluding ortho intramolecular Hbond substituents is 5. The molecule has 138 valence electrons. The summed E-state index contributed by atoms with van der Waals surface area (Å²) < 4.78 is 0. The van der Waals surface area contributed by atoms with Crippen LogP contribution in [0.15, 0.2) is 18.2 Å². The molecule has 5 N–H and O–H groups in total. The fourth-order valence-corrected chi connectivity index (χ4v) is 3.29. The van der Waals surface area contributed by atoms with E-state index in [0.717, 1.165) is 6.07 Å². The molecule has 3 rings (SSSR count). The topological polar surface area (TPSA) is 135 Å². The van der Waals surface area contributed by atoms with Crippen molar-refractivity contribution in [3.63, 3.8) is 0 Å². The normalized spacial score (nSPS) is 10.9. The highest BCUT2D eigenvalue weighted by Gasteiger charge is 2.24. The molecular formula is C20H16O7. The van der Waals surface area contributed by atoms with E-state index < -0.39 is 23.0 Å². The molecule has 0 unspecified atom stereocenters. The van der Waals surface area contributed by atoms with Crippen molar-refractivity contribution < 1.29 is 35.1 Å². The summed E-state index contributed by atoms with van der Waals surface area (Å²) >= 11 is 0. The SMILES string of the molecule is Cc1cc(-c2c(C=O)c(C=O)c(O)c3c(C)c(O)c(O)cc23)cc(O)c1O. The molecule has 0 aliphatic rings. The first-order valence-corrected chi connectivity index (χ1v) is 7.90. The summed E-state index contributed by atoms with van der Waals surface area (Å²) in [6.07, 6.45) is 0.704. The summed E-state index contributed by atoms with van der Waals surface area (Å²) in [5.74, 6) is -2.21. The monoisotopic (exact) mass is 368 g/mol. The Morgan fingerprint density at radius 1 is 0.741 bits per heavy atom. The van der Waals surface area contributed by atoms with Gasteiger partial charge in [-0.15, -0.1) is 0 Å². The van der Waals surface area contributed by atoms with E-state index in [4.69, 9.17) is 0 Å². The van der Waals surface area contributed by atoms with Gasteiger partial charge in [0.2, 0.25) is 0 Å². The number of aromatic hydroxyl groups is 5. The summed E-state index contributed by atoms with van der Waals surface area (Å²) in [6, 6.07) is 3.85. The van der Waals surface area contributed by atoms with Gasteiger partial charge in [0.05, 0.1) is 5.56 Å². The van der Waals surface area contributed by atoms with Gasteiger partial charge in [0, 0.05) is 22.1 Å². The Kier molecular flexibility index (Phi) is 4.15. The minimum absolute atomic E-state index is 0.0817. The number of hydrogen-bond donors (Lipinski definition) is 5. The van der Waals surface area contributed by atoms with Crippen LogP contribution < -0.4 is 0 Å². The molecular weight excluding hydrogens is 352 g/mol. The fraction of sp³-hybridized carbons (Fsp3) is 0.100. The lowest BCUT2D eigenvalue weighted by atomic mass is 9.87. The van der Waals surface area contributed by atoms with Gasteiger partial charge in [-0.05, 0) is 48.6 Å². The highest BCUT2D eigenvalue weighted by Crippen LogP contribution is 2.47. The molecule has 7 nitrogen and oxygen atoms in total. The number of carbonyl (C=O) groups is 2. The summed E-state index contributed by atoms with van der Waals surface area (Å²) in [6.45, 7) is 2.98. The van der Waals surface area contributed by atoms with Crippen LogP contribution >= 0.6 is 0 Å². The molecule has 0 radical (unpaired) electrons. The third kappa shape index (κ3) is 2.52. The number of carbonyl (C=O) groups excluding carboxylic acids is 2. The standard InChI is InChI=1S/C20H16O7/c1-8-3-10(4-14(23)18(8)25)17-11-5-15(24)19(26)9(2)16(11)20(27)13(7-22)12(17)6-21/h3-7,23-27H,1-2H3. The summed E-state index contributed by atoms with van der Waals surface area (Å²) in [5, 5.41) is 50.6. The Bertz CT molecular complexity index is 1110. The van der Waals surface area contributed by atoms with Crippen molar-refractivity contribution in [3.05, 3.63) is 40.5 Å². The van der Waals surface area contributed by atoms with Crippen LogP contribution in [0.3, 0.4) is 0 Å². The molecule has 0 fully saturated rings. The number of fused-ring (bicyclic) bond motifs is 1. The fourth-order valence-electron chi connectivity index (χ4n) is 3.29. The van der Waals surface area contributed by atoms with Crippen LogP contribution in [-0.2, 0) is 0 Å². The predicted molar refractivity (Wildman–Crippen MR) is 98.0 cm³/mol. The average Bonchev–Trinajstić information content (AvgIpc) is 2.63. The van der Waals surface area contributed by atoms with Gasteiger partial charge in [0.1, 0.15) is 5.75 Å². The van der Waals surface area contributed by atoms with Gasteiger partial charge in [-0.3, -0.25) is 9.59 Å². The van der Waals surface area contributed by atoms with Gasteiger partial charge in [-0.25, -0.2) is 0 Å². The molecule has 0 aromatic heterocycles. The minimum atomic E-state index is -0.502. The van der Waals surface area contributed by atoms with Gasteiger partial charge >= 0.3 is 0 Å². The highest BCUT2D eigenvalue weighted by atomic mass is 16.3. The molecule has 0 saturated heterocycles. The maximum atomic E-state index is 11.8. The molecule has 0 spiro atoms. The second-order valence-electron chi connectivity index (χ2n) is 6.24. The molecule has 0 atom stereocenters. The van der Waals surface area contributed by atoms with Crippen molar-refractivity contribution in [2.24, 2.45) is 0 Å². The number of aldehydes is 2. The number of benzene rings is 3. The zero-order valence-corrected chi connectivity index (χ0v) is 14.4. The van der Waals surface area contributed by atoms with Gasteiger partial charge < -0.3 is 25.5 Å². The van der Waals surface area contributed by atoms with Crippen LogP contribution in [0.25, 0.3) is 21.9 Å². The van der Waals surface area contributed by atoms with Crippen LogP contribution in [0.1, 0.15) is 31.8 Å². The van der Waals surface area contributed by atoms with Gasteiger partial charge in [0.15, 0.2) is 35.6 Å². The van der Waals surface area contributed by atoms with Crippen LogP contribution in [0.2, 0.25) is 0 Å². The first kappa shape index (κ1) is 18.1. The number of aryl methyl sites for hydroxylation is 2. The molecule has 0 heterocycles. The second-order valence-corrected chi connectivity index (χ2v) is 6.24. The van der Waals surface area contributed by atoms with E-state index in [0.29, 0.717) is 18.1 Å². The third-order valence-corrected chi connectivity index (χ3v) is 4.65. The van der Waals surface area contributed by atoms with Crippen molar-refractivity contribution in [3.8, 4) is 39.9 Å². The Morgan fingerprint density at radius 3 is 1.89 bits per heavy atom. The largest absolute Gasteiger partial charge is 0.507 e. The maximum Gasteiger partial charge on any atom is 0.161 e. The summed E-state index contributed by atoms with van der Waals surface area (Å²) in [5.41, 5.74) is 0.438. The van der Waals surface area contributed by atoms with Crippen molar-refractivity contribution in [2.75, 3.05) is 0 Å². The third-order valence-electron chi connectivity index (χ3n) is 4.65. The van der Waals surface area contributed by atoms with Crippen molar-refractivity contribution in [1.82, 2.24) is 0 Å². The summed E-state index contributed by atoms with van der Waals surface area (Å²) in [7, 11) is 0. The Labute approximate surface area is 153 Å². The maximum absolute atomic E-state index is 11.8.